The molecule has 4 amide bonds. The molecule has 0 bridgehead atoms. The first-order valence-electron chi connectivity index (χ1n) is 8.54. The van der Waals surface area contributed by atoms with Gasteiger partial charge in [-0.2, -0.15) is 5.10 Å². The maximum Gasteiger partial charge on any atom is 0.324 e. The summed E-state index contributed by atoms with van der Waals surface area (Å²) in [5.41, 5.74) is 2.52. The number of rotatable bonds is 5. The first-order valence-corrected chi connectivity index (χ1v) is 8.54. The van der Waals surface area contributed by atoms with Crippen LogP contribution < -0.4 is 10.6 Å². The Balaban J connectivity index is 1.49. The van der Waals surface area contributed by atoms with Gasteiger partial charge in [0.1, 0.15) is 6.33 Å². The first kappa shape index (κ1) is 17.4. The summed E-state index contributed by atoms with van der Waals surface area (Å²) in [7, 11) is 0. The van der Waals surface area contributed by atoms with E-state index >= 15 is 0 Å². The molecule has 1 aliphatic rings. The maximum atomic E-state index is 12.6. The van der Waals surface area contributed by atoms with Crippen LogP contribution in [-0.2, 0) is 11.3 Å². The summed E-state index contributed by atoms with van der Waals surface area (Å²) in [5.74, 6) is 0.0161. The highest BCUT2D eigenvalue weighted by atomic mass is 16.2. The highest BCUT2D eigenvalue weighted by Gasteiger charge is 2.28. The van der Waals surface area contributed by atoms with Crippen LogP contribution in [0, 0.1) is 0 Å². The zero-order valence-corrected chi connectivity index (χ0v) is 14.7. The zero-order valence-electron chi connectivity index (χ0n) is 14.7. The number of H-pyrrole nitrogens is 1. The average molecular weight is 376 g/mol. The zero-order chi connectivity index (χ0) is 19.5. The highest BCUT2D eigenvalue weighted by Crippen LogP contribution is 2.18. The molecule has 0 spiro atoms. The SMILES string of the molecule is O=C(Nc1cccc(CN2C(=O)CNC2=O)c1)c1cccc(-c2ncn[nH]2)c1. The van der Waals surface area contributed by atoms with Crippen molar-refractivity contribution in [3.63, 3.8) is 0 Å². The predicted octanol–water partition coefficient (Wildman–Crippen LogP) is 1.78. The lowest BCUT2D eigenvalue weighted by Crippen LogP contribution is -2.30. The fraction of sp³-hybridized carbons (Fsp3) is 0.105. The van der Waals surface area contributed by atoms with Crippen molar-refractivity contribution in [3.8, 4) is 11.4 Å². The molecule has 9 heteroatoms. The lowest BCUT2D eigenvalue weighted by atomic mass is 10.1. The quantitative estimate of drug-likeness (QED) is 0.586. The van der Waals surface area contributed by atoms with Gasteiger partial charge in [-0.1, -0.05) is 24.3 Å². The molecule has 2 heterocycles. The molecule has 3 aromatic rings. The number of amides is 4. The first-order chi connectivity index (χ1) is 13.6. The van der Waals surface area contributed by atoms with Crippen molar-refractivity contribution in [2.45, 2.75) is 6.54 Å². The van der Waals surface area contributed by atoms with E-state index in [2.05, 4.69) is 25.8 Å². The number of carbonyl (C=O) groups excluding carboxylic acids is 3. The van der Waals surface area contributed by atoms with Crippen molar-refractivity contribution in [1.82, 2.24) is 25.4 Å². The van der Waals surface area contributed by atoms with Gasteiger partial charge in [-0.3, -0.25) is 19.6 Å². The summed E-state index contributed by atoms with van der Waals surface area (Å²) < 4.78 is 0. The molecule has 3 N–H and O–H groups in total. The van der Waals surface area contributed by atoms with E-state index in [1.54, 1.807) is 42.5 Å². The van der Waals surface area contributed by atoms with Crippen LogP contribution in [0.2, 0.25) is 0 Å². The Bertz CT molecular complexity index is 1030. The van der Waals surface area contributed by atoms with Crippen molar-refractivity contribution in [2.75, 3.05) is 11.9 Å². The molecule has 0 unspecified atom stereocenters. The number of hydrogen-bond acceptors (Lipinski definition) is 5. The predicted molar refractivity (Wildman–Crippen MR) is 100 cm³/mol. The molecule has 1 fully saturated rings. The molecule has 0 atom stereocenters. The smallest absolute Gasteiger partial charge is 0.324 e. The number of nitrogens with one attached hydrogen (secondary N) is 3. The fourth-order valence-corrected chi connectivity index (χ4v) is 2.90. The van der Waals surface area contributed by atoms with E-state index in [9.17, 15) is 14.4 Å². The molecule has 0 radical (unpaired) electrons. The molecule has 140 valence electrons. The van der Waals surface area contributed by atoms with Gasteiger partial charge in [-0.15, -0.1) is 0 Å². The second-order valence-electron chi connectivity index (χ2n) is 6.21. The van der Waals surface area contributed by atoms with Crippen molar-refractivity contribution >= 4 is 23.5 Å². The summed E-state index contributed by atoms with van der Waals surface area (Å²) in [6.45, 7) is 0.159. The standard InChI is InChI=1S/C19H16N6O3/c26-16-9-20-19(28)25(16)10-12-3-1-6-15(7-12)23-18(27)14-5-2-4-13(8-14)17-21-11-22-24-17/h1-8,11H,9-10H2,(H,20,28)(H,23,27)(H,21,22,24). The van der Waals surface area contributed by atoms with E-state index in [0.717, 1.165) is 16.0 Å². The van der Waals surface area contributed by atoms with E-state index in [1.165, 1.54) is 6.33 Å². The van der Waals surface area contributed by atoms with Crippen LogP contribution >= 0.6 is 0 Å². The van der Waals surface area contributed by atoms with Gasteiger partial charge < -0.3 is 10.6 Å². The summed E-state index contributed by atoms with van der Waals surface area (Å²) >= 11 is 0. The molecule has 4 rings (SSSR count). The molecular weight excluding hydrogens is 360 g/mol. The molecule has 28 heavy (non-hydrogen) atoms. The topological polar surface area (TPSA) is 120 Å². The van der Waals surface area contributed by atoms with E-state index < -0.39 is 6.03 Å². The minimum atomic E-state index is -0.413. The number of nitrogens with zero attached hydrogens (tertiary/aromatic N) is 3. The van der Waals surface area contributed by atoms with Crippen LogP contribution in [0.4, 0.5) is 10.5 Å². The maximum absolute atomic E-state index is 12.6. The van der Waals surface area contributed by atoms with Gasteiger partial charge in [0.25, 0.3) is 5.91 Å². The van der Waals surface area contributed by atoms with Crippen LogP contribution in [-0.4, -0.2) is 44.5 Å². The monoisotopic (exact) mass is 376 g/mol. The Morgan fingerprint density at radius 2 is 2.00 bits per heavy atom. The van der Waals surface area contributed by atoms with Gasteiger partial charge in [0.15, 0.2) is 5.82 Å². The summed E-state index contributed by atoms with van der Waals surface area (Å²) in [6, 6.07) is 13.6. The summed E-state index contributed by atoms with van der Waals surface area (Å²) in [5, 5.41) is 11.9. The number of benzene rings is 2. The number of hydrogen-bond donors (Lipinski definition) is 3. The normalized spacial score (nSPS) is 13.5. The molecule has 0 saturated carbocycles. The van der Waals surface area contributed by atoms with E-state index in [-0.39, 0.29) is 24.9 Å². The van der Waals surface area contributed by atoms with E-state index in [4.69, 9.17) is 0 Å². The molecule has 9 nitrogen and oxygen atoms in total. The van der Waals surface area contributed by atoms with Crippen LogP contribution in [0.3, 0.4) is 0 Å². The van der Waals surface area contributed by atoms with Crippen LogP contribution in [0.25, 0.3) is 11.4 Å². The van der Waals surface area contributed by atoms with E-state index in [0.29, 0.717) is 17.1 Å². The minimum absolute atomic E-state index is 0.0107. The summed E-state index contributed by atoms with van der Waals surface area (Å²) in [6.07, 6.45) is 1.40. The Hall–Kier alpha value is -4.01. The van der Waals surface area contributed by atoms with Gasteiger partial charge in [0, 0.05) is 16.8 Å². The Kier molecular flexibility index (Phi) is 4.55. The van der Waals surface area contributed by atoms with Gasteiger partial charge in [0.2, 0.25) is 5.91 Å². The number of anilines is 1. The number of carbonyl (C=O) groups is 3. The number of aromatic nitrogens is 3. The number of imide groups is 1. The Morgan fingerprint density at radius 1 is 1.14 bits per heavy atom. The molecule has 1 saturated heterocycles. The minimum Gasteiger partial charge on any atom is -0.329 e. The van der Waals surface area contributed by atoms with Crippen molar-refractivity contribution < 1.29 is 14.4 Å². The molecule has 1 aliphatic heterocycles. The van der Waals surface area contributed by atoms with Crippen molar-refractivity contribution in [1.29, 1.82) is 0 Å². The molecule has 0 aliphatic carbocycles. The lowest BCUT2D eigenvalue weighted by molar-refractivity contribution is -0.125. The highest BCUT2D eigenvalue weighted by molar-refractivity contribution is 6.05. The number of urea groups is 1. The van der Waals surface area contributed by atoms with Crippen molar-refractivity contribution in [3.05, 3.63) is 66.0 Å². The van der Waals surface area contributed by atoms with Gasteiger partial charge >= 0.3 is 6.03 Å². The second-order valence-corrected chi connectivity index (χ2v) is 6.21. The van der Waals surface area contributed by atoms with Gasteiger partial charge in [0.05, 0.1) is 13.1 Å². The van der Waals surface area contributed by atoms with Crippen LogP contribution in [0.15, 0.2) is 54.9 Å². The Labute approximate surface area is 159 Å². The van der Waals surface area contributed by atoms with Crippen LogP contribution in [0.5, 0.6) is 0 Å². The third-order valence-corrected chi connectivity index (χ3v) is 4.28. The molecule has 1 aromatic heterocycles. The largest absolute Gasteiger partial charge is 0.329 e. The van der Waals surface area contributed by atoms with Gasteiger partial charge in [-0.25, -0.2) is 9.78 Å². The second kappa shape index (κ2) is 7.31. The molecular formula is C19H16N6O3. The molecule has 2 aromatic carbocycles. The van der Waals surface area contributed by atoms with Crippen molar-refractivity contribution in [2.24, 2.45) is 0 Å². The van der Waals surface area contributed by atoms with Gasteiger partial charge in [-0.05, 0) is 29.8 Å². The third kappa shape index (κ3) is 3.58. The Morgan fingerprint density at radius 3 is 2.75 bits per heavy atom. The lowest BCUT2D eigenvalue weighted by Gasteiger charge is -2.13. The fourth-order valence-electron chi connectivity index (χ4n) is 2.90. The third-order valence-electron chi connectivity index (χ3n) is 4.28. The average Bonchev–Trinajstić information content (AvgIpc) is 3.35. The summed E-state index contributed by atoms with van der Waals surface area (Å²) in [4.78, 5) is 41.2. The van der Waals surface area contributed by atoms with E-state index in [1.807, 2.05) is 6.07 Å². The van der Waals surface area contributed by atoms with Crippen LogP contribution in [0.1, 0.15) is 15.9 Å². The number of aromatic amines is 1.